The van der Waals surface area contributed by atoms with Crippen molar-refractivity contribution in [3.05, 3.63) is 28.0 Å². The summed E-state index contributed by atoms with van der Waals surface area (Å²) in [7, 11) is 0. The topological polar surface area (TPSA) is 87.3 Å². The summed E-state index contributed by atoms with van der Waals surface area (Å²) in [4.78, 5) is 33.6. The Bertz CT molecular complexity index is 558. The van der Waals surface area contributed by atoms with Crippen molar-refractivity contribution < 1.29 is 18.8 Å². The molecule has 0 aliphatic rings. The van der Waals surface area contributed by atoms with Crippen molar-refractivity contribution in [1.29, 1.82) is 0 Å². The van der Waals surface area contributed by atoms with Gasteiger partial charge in [0.05, 0.1) is 10.0 Å². The molecule has 1 rings (SSSR count). The lowest BCUT2D eigenvalue weighted by atomic mass is 10.3. The van der Waals surface area contributed by atoms with Gasteiger partial charge in [0, 0.05) is 25.7 Å². The Balaban J connectivity index is 2.53. The van der Waals surface area contributed by atoms with Crippen LogP contribution in [0.15, 0.2) is 12.1 Å². The van der Waals surface area contributed by atoms with E-state index in [1.165, 1.54) is 6.92 Å². The van der Waals surface area contributed by atoms with Gasteiger partial charge in [0.1, 0.15) is 0 Å². The summed E-state index contributed by atoms with van der Waals surface area (Å²) in [6, 6.07) is 2.26. The molecule has 0 heterocycles. The fourth-order valence-corrected chi connectivity index (χ4v) is 1.80. The van der Waals surface area contributed by atoms with Gasteiger partial charge in [-0.15, -0.1) is 0 Å². The maximum atomic E-state index is 13.2. The molecular weight excluding hydrogens is 324 g/mol. The van der Waals surface area contributed by atoms with E-state index < -0.39 is 17.6 Å². The van der Waals surface area contributed by atoms with E-state index >= 15 is 0 Å². The molecule has 3 amide bonds. The molecule has 0 aromatic heterocycles. The van der Waals surface area contributed by atoms with Gasteiger partial charge in [-0.1, -0.05) is 23.2 Å². The summed E-state index contributed by atoms with van der Waals surface area (Å²) in [6.07, 6.45) is 0. The van der Waals surface area contributed by atoms with Crippen LogP contribution in [0.1, 0.15) is 6.92 Å². The van der Waals surface area contributed by atoms with Gasteiger partial charge in [-0.2, -0.15) is 0 Å². The standard InChI is InChI=1S/C12H12Cl2FN3O3/c1-6(19)16-2-3-17-11(20)12(21)18-7-4-8(13)10(15)9(14)5-7/h4-5H,2-3H2,1H3,(H,16,19)(H,17,20)(H,18,21). The molecule has 114 valence electrons. The number of carbonyl (C=O) groups is 3. The monoisotopic (exact) mass is 335 g/mol. The number of hydrogen-bond acceptors (Lipinski definition) is 3. The molecule has 0 saturated heterocycles. The summed E-state index contributed by atoms with van der Waals surface area (Å²) in [5.41, 5.74) is 0.0911. The highest BCUT2D eigenvalue weighted by atomic mass is 35.5. The Kier molecular flexibility index (Phi) is 6.39. The Morgan fingerprint density at radius 1 is 1.05 bits per heavy atom. The van der Waals surface area contributed by atoms with Crippen LogP contribution in [0.4, 0.5) is 10.1 Å². The third kappa shape index (κ3) is 5.57. The highest BCUT2D eigenvalue weighted by Gasteiger charge is 2.15. The highest BCUT2D eigenvalue weighted by molar-refractivity contribution is 6.40. The number of amides is 3. The van der Waals surface area contributed by atoms with Crippen molar-refractivity contribution in [3.8, 4) is 0 Å². The zero-order chi connectivity index (χ0) is 16.0. The Hall–Kier alpha value is -1.86. The lowest BCUT2D eigenvalue weighted by molar-refractivity contribution is -0.136. The van der Waals surface area contributed by atoms with Crippen molar-refractivity contribution in [1.82, 2.24) is 10.6 Å². The molecule has 0 aliphatic heterocycles. The van der Waals surface area contributed by atoms with Crippen LogP contribution in [0, 0.1) is 5.82 Å². The first-order chi connectivity index (χ1) is 9.81. The minimum Gasteiger partial charge on any atom is -0.355 e. The number of nitrogens with one attached hydrogen (secondary N) is 3. The van der Waals surface area contributed by atoms with Crippen molar-refractivity contribution in [3.63, 3.8) is 0 Å². The summed E-state index contributed by atoms with van der Waals surface area (Å²) >= 11 is 11.1. The molecule has 3 N–H and O–H groups in total. The molecule has 6 nitrogen and oxygen atoms in total. The quantitative estimate of drug-likeness (QED) is 0.440. The number of hydrogen-bond donors (Lipinski definition) is 3. The first kappa shape index (κ1) is 17.2. The first-order valence-electron chi connectivity index (χ1n) is 5.79. The molecule has 9 heteroatoms. The van der Waals surface area contributed by atoms with Crippen LogP contribution >= 0.6 is 23.2 Å². The third-order valence-corrected chi connectivity index (χ3v) is 2.78. The van der Waals surface area contributed by atoms with Crippen molar-refractivity contribution in [2.75, 3.05) is 18.4 Å². The van der Waals surface area contributed by atoms with Gasteiger partial charge in [0.25, 0.3) is 0 Å². The summed E-state index contributed by atoms with van der Waals surface area (Å²) < 4.78 is 13.2. The van der Waals surface area contributed by atoms with E-state index in [9.17, 15) is 18.8 Å². The lowest BCUT2D eigenvalue weighted by Gasteiger charge is -2.08. The van der Waals surface area contributed by atoms with E-state index in [1.807, 2.05) is 0 Å². The van der Waals surface area contributed by atoms with Gasteiger partial charge in [-0.25, -0.2) is 4.39 Å². The second kappa shape index (κ2) is 7.80. The first-order valence-corrected chi connectivity index (χ1v) is 6.55. The van der Waals surface area contributed by atoms with E-state index in [2.05, 4.69) is 16.0 Å². The van der Waals surface area contributed by atoms with Gasteiger partial charge in [0.2, 0.25) is 5.91 Å². The normalized spacial score (nSPS) is 9.90. The van der Waals surface area contributed by atoms with Gasteiger partial charge >= 0.3 is 11.8 Å². The van der Waals surface area contributed by atoms with E-state index in [1.54, 1.807) is 0 Å². The molecule has 0 aliphatic carbocycles. The fraction of sp³-hybridized carbons (Fsp3) is 0.250. The summed E-state index contributed by atoms with van der Waals surface area (Å²) in [6.45, 7) is 1.62. The molecule has 1 aromatic carbocycles. The molecule has 1 aromatic rings. The SMILES string of the molecule is CC(=O)NCCNC(=O)C(=O)Nc1cc(Cl)c(F)c(Cl)c1. The molecule has 21 heavy (non-hydrogen) atoms. The van der Waals surface area contributed by atoms with Crippen LogP contribution in [0.2, 0.25) is 10.0 Å². The van der Waals surface area contributed by atoms with Crippen LogP contribution in [-0.4, -0.2) is 30.8 Å². The van der Waals surface area contributed by atoms with Crippen molar-refractivity contribution in [2.45, 2.75) is 6.92 Å². The maximum Gasteiger partial charge on any atom is 0.313 e. The molecule has 0 radical (unpaired) electrons. The summed E-state index contributed by atoms with van der Waals surface area (Å²) in [5.74, 6) is -2.92. The second-order valence-electron chi connectivity index (χ2n) is 3.95. The molecule has 0 fully saturated rings. The van der Waals surface area contributed by atoms with Crippen LogP contribution in [0.3, 0.4) is 0 Å². The van der Waals surface area contributed by atoms with Gasteiger partial charge in [-0.3, -0.25) is 14.4 Å². The Labute approximate surface area is 130 Å². The van der Waals surface area contributed by atoms with E-state index in [4.69, 9.17) is 23.2 Å². The molecule has 0 saturated carbocycles. The number of rotatable bonds is 4. The zero-order valence-electron chi connectivity index (χ0n) is 10.9. The van der Waals surface area contributed by atoms with Crippen LogP contribution in [0.25, 0.3) is 0 Å². The third-order valence-electron chi connectivity index (χ3n) is 2.23. The number of carbonyl (C=O) groups excluding carboxylic acids is 3. The Morgan fingerprint density at radius 2 is 1.57 bits per heavy atom. The molecule has 0 unspecified atom stereocenters. The van der Waals surface area contributed by atoms with Crippen molar-refractivity contribution in [2.24, 2.45) is 0 Å². The molecule has 0 atom stereocenters. The minimum absolute atomic E-state index is 0.0911. The maximum absolute atomic E-state index is 13.2. The fourth-order valence-electron chi connectivity index (χ4n) is 1.31. The highest BCUT2D eigenvalue weighted by Crippen LogP contribution is 2.27. The Morgan fingerprint density at radius 3 is 2.10 bits per heavy atom. The average molecular weight is 336 g/mol. The molecule has 0 spiro atoms. The van der Waals surface area contributed by atoms with E-state index in [-0.39, 0.29) is 34.7 Å². The van der Waals surface area contributed by atoms with Crippen LogP contribution in [0.5, 0.6) is 0 Å². The van der Waals surface area contributed by atoms with Gasteiger partial charge < -0.3 is 16.0 Å². The average Bonchev–Trinajstić information content (AvgIpc) is 2.40. The van der Waals surface area contributed by atoms with Crippen LogP contribution < -0.4 is 16.0 Å². The van der Waals surface area contributed by atoms with Crippen molar-refractivity contribution >= 4 is 46.6 Å². The predicted octanol–water partition coefficient (Wildman–Crippen LogP) is 1.32. The van der Waals surface area contributed by atoms with Gasteiger partial charge in [-0.05, 0) is 12.1 Å². The lowest BCUT2D eigenvalue weighted by Crippen LogP contribution is -2.39. The summed E-state index contributed by atoms with van der Waals surface area (Å²) in [5, 5.41) is 6.42. The van der Waals surface area contributed by atoms with E-state index in [0.29, 0.717) is 0 Å². The molecule has 0 bridgehead atoms. The van der Waals surface area contributed by atoms with Crippen LogP contribution in [-0.2, 0) is 14.4 Å². The largest absolute Gasteiger partial charge is 0.355 e. The number of benzene rings is 1. The number of anilines is 1. The zero-order valence-corrected chi connectivity index (χ0v) is 12.4. The van der Waals surface area contributed by atoms with E-state index in [0.717, 1.165) is 12.1 Å². The smallest absolute Gasteiger partial charge is 0.313 e. The molecular formula is C12H12Cl2FN3O3. The number of halogens is 3. The van der Waals surface area contributed by atoms with Gasteiger partial charge in [0.15, 0.2) is 5.82 Å². The second-order valence-corrected chi connectivity index (χ2v) is 4.76. The minimum atomic E-state index is -0.962. The predicted molar refractivity (Wildman–Crippen MR) is 76.7 cm³/mol.